The average Bonchev–Trinajstić information content (AvgIpc) is 2.86. The van der Waals surface area contributed by atoms with Crippen molar-refractivity contribution in [2.45, 2.75) is 32.6 Å². The second kappa shape index (κ2) is 11.5. The van der Waals surface area contributed by atoms with E-state index in [9.17, 15) is 4.79 Å². The molecule has 0 unspecified atom stereocenters. The molecule has 4 rings (SSSR count). The van der Waals surface area contributed by atoms with Crippen molar-refractivity contribution in [1.29, 1.82) is 0 Å². The van der Waals surface area contributed by atoms with Crippen molar-refractivity contribution in [1.82, 2.24) is 19.8 Å². The van der Waals surface area contributed by atoms with Gasteiger partial charge in [-0.05, 0) is 57.7 Å². The zero-order valence-corrected chi connectivity index (χ0v) is 20.4. The molecule has 1 N–H and O–H groups in total. The van der Waals surface area contributed by atoms with E-state index in [0.29, 0.717) is 11.9 Å². The van der Waals surface area contributed by atoms with Gasteiger partial charge in [0.1, 0.15) is 0 Å². The van der Waals surface area contributed by atoms with E-state index in [1.807, 2.05) is 31.2 Å². The standard InChI is InChI=1S/C27H36N6O/c1-4-12-28-24(5-2)22-10-11-23-18-29-27(30-25(23)17-22)31-26(34)21-8-6-20(7-9-21)19-33-15-13-32(3)14-16-33/h4-5,10-12,17-18,20-21H,2,6-9,13-16,19H2,1,3H3,(H,29,30,31,34)/b12-4-,28-24?. The van der Waals surface area contributed by atoms with Crippen LogP contribution in [-0.4, -0.2) is 71.2 Å². The maximum absolute atomic E-state index is 12.9. The zero-order valence-electron chi connectivity index (χ0n) is 20.4. The van der Waals surface area contributed by atoms with Crippen molar-refractivity contribution in [3.8, 4) is 0 Å². The molecule has 2 aliphatic rings. The smallest absolute Gasteiger partial charge is 0.229 e. The highest BCUT2D eigenvalue weighted by atomic mass is 16.2. The molecule has 2 heterocycles. The Bertz CT molecular complexity index is 1060. The minimum Gasteiger partial charge on any atom is -0.304 e. The molecule has 1 amide bonds. The van der Waals surface area contributed by atoms with Crippen LogP contribution in [0, 0.1) is 11.8 Å². The van der Waals surface area contributed by atoms with Gasteiger partial charge in [-0.15, -0.1) is 0 Å². The number of nitrogens with zero attached hydrogens (tertiary/aromatic N) is 5. The molecule has 180 valence electrons. The SMILES string of the molecule is C=CC(=N/C=C\C)c1ccc2cnc(NC(=O)C3CCC(CN4CCN(C)CC4)CC3)nc2c1. The number of carbonyl (C=O) groups excluding carboxylic acids is 1. The summed E-state index contributed by atoms with van der Waals surface area (Å²) in [6, 6.07) is 5.90. The zero-order chi connectivity index (χ0) is 23.9. The Morgan fingerprint density at radius 3 is 2.68 bits per heavy atom. The van der Waals surface area contributed by atoms with Gasteiger partial charge in [0.15, 0.2) is 0 Å². The molecule has 7 nitrogen and oxygen atoms in total. The quantitative estimate of drug-likeness (QED) is 0.629. The van der Waals surface area contributed by atoms with Gasteiger partial charge in [0.05, 0.1) is 11.2 Å². The Balaban J connectivity index is 1.35. The van der Waals surface area contributed by atoms with Crippen LogP contribution in [0.5, 0.6) is 0 Å². The Kier molecular flexibility index (Phi) is 8.19. The lowest BCUT2D eigenvalue weighted by Crippen LogP contribution is -2.46. The summed E-state index contributed by atoms with van der Waals surface area (Å²) in [6.07, 6.45) is 11.2. The Morgan fingerprint density at radius 1 is 1.21 bits per heavy atom. The Hall–Kier alpha value is -2.90. The van der Waals surface area contributed by atoms with Crippen LogP contribution in [0.1, 0.15) is 38.2 Å². The number of amides is 1. The van der Waals surface area contributed by atoms with E-state index in [0.717, 1.165) is 74.0 Å². The summed E-state index contributed by atoms with van der Waals surface area (Å²) in [7, 11) is 2.19. The third-order valence-electron chi connectivity index (χ3n) is 7.00. The molecular weight excluding hydrogens is 424 g/mol. The number of piperazine rings is 1. The van der Waals surface area contributed by atoms with E-state index in [1.165, 1.54) is 6.54 Å². The van der Waals surface area contributed by atoms with Gasteiger partial charge in [-0.25, -0.2) is 9.97 Å². The van der Waals surface area contributed by atoms with Crippen molar-refractivity contribution >= 4 is 28.5 Å². The molecule has 0 bridgehead atoms. The summed E-state index contributed by atoms with van der Waals surface area (Å²) < 4.78 is 0. The monoisotopic (exact) mass is 460 g/mol. The van der Waals surface area contributed by atoms with Crippen molar-refractivity contribution in [3.05, 3.63) is 54.9 Å². The van der Waals surface area contributed by atoms with Crippen LogP contribution in [0.2, 0.25) is 0 Å². The van der Waals surface area contributed by atoms with E-state index in [-0.39, 0.29) is 11.8 Å². The van der Waals surface area contributed by atoms with E-state index in [4.69, 9.17) is 0 Å². The molecule has 1 aromatic heterocycles. The first kappa shape index (κ1) is 24.2. The Labute approximate surface area is 202 Å². The van der Waals surface area contributed by atoms with Crippen molar-refractivity contribution in [2.24, 2.45) is 16.8 Å². The summed E-state index contributed by atoms with van der Waals surface area (Å²) >= 11 is 0. The summed E-state index contributed by atoms with van der Waals surface area (Å²) in [6.45, 7) is 11.6. The predicted octanol–water partition coefficient (Wildman–Crippen LogP) is 4.13. The lowest BCUT2D eigenvalue weighted by atomic mass is 9.81. The predicted molar refractivity (Wildman–Crippen MR) is 139 cm³/mol. The number of likely N-dealkylation sites (N-methyl/N-ethyl adjacent to an activating group) is 1. The van der Waals surface area contributed by atoms with E-state index in [1.54, 1.807) is 18.5 Å². The molecule has 1 aliphatic carbocycles. The summed E-state index contributed by atoms with van der Waals surface area (Å²) in [5.74, 6) is 1.13. The van der Waals surface area contributed by atoms with Gasteiger partial charge in [-0.1, -0.05) is 24.8 Å². The molecule has 1 aliphatic heterocycles. The molecule has 0 radical (unpaired) electrons. The highest BCUT2D eigenvalue weighted by Crippen LogP contribution is 2.30. The minimum atomic E-state index is 0.0368. The first-order valence-electron chi connectivity index (χ1n) is 12.4. The molecule has 34 heavy (non-hydrogen) atoms. The fraction of sp³-hybridized carbons (Fsp3) is 0.481. The number of anilines is 1. The van der Waals surface area contributed by atoms with Crippen LogP contribution in [0.15, 0.2) is 54.3 Å². The van der Waals surface area contributed by atoms with E-state index < -0.39 is 0 Å². The number of rotatable bonds is 7. The maximum Gasteiger partial charge on any atom is 0.229 e. The number of allylic oxidation sites excluding steroid dienone is 2. The second-order valence-electron chi connectivity index (χ2n) is 9.48. The summed E-state index contributed by atoms with van der Waals surface area (Å²) in [5, 5.41) is 3.88. The van der Waals surface area contributed by atoms with Crippen molar-refractivity contribution < 1.29 is 4.79 Å². The van der Waals surface area contributed by atoms with Gasteiger partial charge in [0.2, 0.25) is 11.9 Å². The molecule has 1 aromatic carbocycles. The average molecular weight is 461 g/mol. The van der Waals surface area contributed by atoms with E-state index >= 15 is 0 Å². The lowest BCUT2D eigenvalue weighted by Gasteiger charge is -2.36. The number of nitrogens with one attached hydrogen (secondary N) is 1. The number of hydrogen-bond donors (Lipinski definition) is 1. The van der Waals surface area contributed by atoms with Crippen molar-refractivity contribution in [3.63, 3.8) is 0 Å². The number of benzene rings is 1. The van der Waals surface area contributed by atoms with Gasteiger partial charge < -0.3 is 9.80 Å². The molecule has 2 fully saturated rings. The highest BCUT2D eigenvalue weighted by Gasteiger charge is 2.28. The highest BCUT2D eigenvalue weighted by molar-refractivity contribution is 6.10. The number of aromatic nitrogens is 2. The van der Waals surface area contributed by atoms with Crippen LogP contribution in [-0.2, 0) is 4.79 Å². The number of aliphatic imine (C=N–C) groups is 1. The summed E-state index contributed by atoms with van der Waals surface area (Å²) in [5.41, 5.74) is 2.47. The molecule has 0 atom stereocenters. The van der Waals surface area contributed by atoms with Gasteiger partial charge in [0, 0.05) is 62.0 Å². The molecule has 1 saturated heterocycles. The number of carbonyl (C=O) groups is 1. The van der Waals surface area contributed by atoms with Gasteiger partial charge in [0.25, 0.3) is 0 Å². The second-order valence-corrected chi connectivity index (χ2v) is 9.48. The largest absolute Gasteiger partial charge is 0.304 e. The molecular formula is C27H36N6O. The maximum atomic E-state index is 12.9. The van der Waals surface area contributed by atoms with Crippen molar-refractivity contribution in [2.75, 3.05) is 45.1 Å². The van der Waals surface area contributed by atoms with Crippen LogP contribution in [0.3, 0.4) is 0 Å². The summed E-state index contributed by atoms with van der Waals surface area (Å²) in [4.78, 5) is 31.3. The normalized spacial score (nSPS) is 22.8. The fourth-order valence-electron chi connectivity index (χ4n) is 4.86. The van der Waals surface area contributed by atoms with Crippen LogP contribution >= 0.6 is 0 Å². The van der Waals surface area contributed by atoms with Crippen LogP contribution in [0.4, 0.5) is 5.95 Å². The Morgan fingerprint density at radius 2 is 1.97 bits per heavy atom. The first-order valence-corrected chi connectivity index (χ1v) is 12.4. The third-order valence-corrected chi connectivity index (χ3v) is 7.00. The fourth-order valence-corrected chi connectivity index (χ4v) is 4.86. The number of fused-ring (bicyclic) bond motifs is 1. The van der Waals surface area contributed by atoms with Crippen LogP contribution < -0.4 is 5.32 Å². The topological polar surface area (TPSA) is 73.7 Å². The van der Waals surface area contributed by atoms with Gasteiger partial charge in [-0.2, -0.15) is 0 Å². The first-order chi connectivity index (χ1) is 16.6. The molecule has 0 spiro atoms. The molecule has 7 heteroatoms. The third kappa shape index (κ3) is 6.15. The van der Waals surface area contributed by atoms with Gasteiger partial charge >= 0.3 is 0 Å². The van der Waals surface area contributed by atoms with Gasteiger partial charge in [-0.3, -0.25) is 15.1 Å². The number of hydrogen-bond acceptors (Lipinski definition) is 6. The lowest BCUT2D eigenvalue weighted by molar-refractivity contribution is -0.121. The molecule has 1 saturated carbocycles. The van der Waals surface area contributed by atoms with E-state index in [2.05, 4.69) is 43.7 Å². The minimum absolute atomic E-state index is 0.0368. The van der Waals surface area contributed by atoms with Crippen LogP contribution in [0.25, 0.3) is 10.9 Å². The molecule has 2 aromatic rings.